The number of hydrogen-bond acceptors (Lipinski definition) is 2. The van der Waals surface area contributed by atoms with E-state index in [1.807, 2.05) is 24.4 Å². The second-order valence-corrected chi connectivity index (χ2v) is 6.24. The van der Waals surface area contributed by atoms with Gasteiger partial charge >= 0.3 is 5.97 Å². The van der Waals surface area contributed by atoms with Gasteiger partial charge in [-0.2, -0.15) is 0 Å². The standard InChI is InChI=1S/C18H22N2O3/c21-17(14-6-1-2-7-15(14)18(22)23)19-10-9-12-11-20-16-8-4-3-5-13(12)16/h3-5,8,11,14-15,20H,1-2,6-7,9-10H2,(H,19,21)(H,22,23)/t14-,15+/m1/s1. The van der Waals surface area contributed by atoms with Crippen LogP contribution >= 0.6 is 0 Å². The molecule has 1 amide bonds. The average Bonchev–Trinajstić information content (AvgIpc) is 2.98. The SMILES string of the molecule is O=C(O)[C@H]1CCCC[C@H]1C(=O)NCCc1c[nH]c2ccccc12. The highest BCUT2D eigenvalue weighted by molar-refractivity contribution is 5.85. The van der Waals surface area contributed by atoms with Crippen LogP contribution in [-0.2, 0) is 16.0 Å². The number of carbonyl (C=O) groups excluding carboxylic acids is 1. The highest BCUT2D eigenvalue weighted by atomic mass is 16.4. The summed E-state index contributed by atoms with van der Waals surface area (Å²) in [5, 5.41) is 13.4. The lowest BCUT2D eigenvalue weighted by atomic mass is 9.78. The second-order valence-electron chi connectivity index (χ2n) is 6.24. The predicted molar refractivity (Wildman–Crippen MR) is 88.1 cm³/mol. The first-order chi connectivity index (χ1) is 11.2. The third-order valence-corrected chi connectivity index (χ3v) is 4.79. The first-order valence-electron chi connectivity index (χ1n) is 8.22. The van der Waals surface area contributed by atoms with E-state index in [0.717, 1.165) is 24.8 Å². The largest absolute Gasteiger partial charge is 0.481 e. The monoisotopic (exact) mass is 314 g/mol. The van der Waals surface area contributed by atoms with E-state index in [1.54, 1.807) is 0 Å². The molecule has 3 N–H and O–H groups in total. The molecule has 1 fully saturated rings. The van der Waals surface area contributed by atoms with Gasteiger partial charge < -0.3 is 15.4 Å². The first-order valence-corrected chi connectivity index (χ1v) is 8.22. The van der Waals surface area contributed by atoms with Gasteiger partial charge in [-0.1, -0.05) is 31.0 Å². The Morgan fingerprint density at radius 1 is 1.17 bits per heavy atom. The number of carboxylic acid groups (broad SMARTS) is 1. The molecule has 1 saturated carbocycles. The van der Waals surface area contributed by atoms with Gasteiger partial charge in [-0.05, 0) is 30.9 Å². The Morgan fingerprint density at radius 3 is 2.70 bits per heavy atom. The fraction of sp³-hybridized carbons (Fsp3) is 0.444. The van der Waals surface area contributed by atoms with Crippen LogP contribution in [0.4, 0.5) is 0 Å². The lowest BCUT2D eigenvalue weighted by Crippen LogP contribution is -2.40. The Bertz CT molecular complexity index is 707. The summed E-state index contributed by atoms with van der Waals surface area (Å²) in [6.07, 6.45) is 5.82. The summed E-state index contributed by atoms with van der Waals surface area (Å²) >= 11 is 0. The predicted octanol–water partition coefficient (Wildman–Crippen LogP) is 2.72. The number of para-hydroxylation sites is 1. The number of nitrogens with one attached hydrogen (secondary N) is 2. The Hall–Kier alpha value is -2.30. The topological polar surface area (TPSA) is 82.2 Å². The van der Waals surface area contributed by atoms with Crippen LogP contribution in [0.2, 0.25) is 0 Å². The summed E-state index contributed by atoms with van der Waals surface area (Å²) in [6.45, 7) is 0.531. The van der Waals surface area contributed by atoms with E-state index in [1.165, 1.54) is 10.9 Å². The van der Waals surface area contributed by atoms with Crippen molar-refractivity contribution < 1.29 is 14.7 Å². The van der Waals surface area contributed by atoms with Gasteiger partial charge in [0.05, 0.1) is 11.8 Å². The van der Waals surface area contributed by atoms with Crippen LogP contribution in [0.15, 0.2) is 30.5 Å². The van der Waals surface area contributed by atoms with Crippen molar-refractivity contribution in [3.05, 3.63) is 36.0 Å². The Balaban J connectivity index is 1.57. The summed E-state index contributed by atoms with van der Waals surface area (Å²) in [5.41, 5.74) is 2.26. The molecule has 122 valence electrons. The van der Waals surface area contributed by atoms with Gasteiger partial charge in [-0.15, -0.1) is 0 Å². The van der Waals surface area contributed by atoms with Gasteiger partial charge in [0.2, 0.25) is 5.91 Å². The first kappa shape index (κ1) is 15.6. The maximum absolute atomic E-state index is 12.3. The quantitative estimate of drug-likeness (QED) is 0.793. The molecule has 3 rings (SSSR count). The van der Waals surface area contributed by atoms with E-state index in [9.17, 15) is 14.7 Å². The van der Waals surface area contributed by atoms with Crippen LogP contribution in [0.25, 0.3) is 10.9 Å². The van der Waals surface area contributed by atoms with Crippen molar-refractivity contribution in [1.82, 2.24) is 10.3 Å². The average molecular weight is 314 g/mol. The van der Waals surface area contributed by atoms with Crippen molar-refractivity contribution >= 4 is 22.8 Å². The maximum atomic E-state index is 12.3. The van der Waals surface area contributed by atoms with E-state index in [0.29, 0.717) is 19.4 Å². The van der Waals surface area contributed by atoms with Crippen molar-refractivity contribution in [3.8, 4) is 0 Å². The number of H-pyrrole nitrogens is 1. The van der Waals surface area contributed by atoms with E-state index in [2.05, 4.69) is 16.4 Å². The normalized spacial score (nSPS) is 21.2. The van der Waals surface area contributed by atoms with E-state index in [4.69, 9.17) is 0 Å². The van der Waals surface area contributed by atoms with Gasteiger partial charge in [0.15, 0.2) is 0 Å². The molecule has 0 saturated heterocycles. The third kappa shape index (κ3) is 3.38. The van der Waals surface area contributed by atoms with Crippen LogP contribution < -0.4 is 5.32 Å². The molecule has 1 aliphatic carbocycles. The molecule has 5 heteroatoms. The molecule has 23 heavy (non-hydrogen) atoms. The number of carbonyl (C=O) groups is 2. The highest BCUT2D eigenvalue weighted by Crippen LogP contribution is 2.30. The summed E-state index contributed by atoms with van der Waals surface area (Å²) in [7, 11) is 0. The molecule has 1 aliphatic rings. The fourth-order valence-electron chi connectivity index (χ4n) is 3.53. The molecule has 5 nitrogen and oxygen atoms in total. The summed E-state index contributed by atoms with van der Waals surface area (Å²) in [4.78, 5) is 26.8. The summed E-state index contributed by atoms with van der Waals surface area (Å²) in [6, 6.07) is 8.07. The second kappa shape index (κ2) is 6.86. The van der Waals surface area contributed by atoms with Gasteiger partial charge in [-0.25, -0.2) is 0 Å². The minimum absolute atomic E-state index is 0.114. The number of carboxylic acids is 1. The molecule has 1 heterocycles. The van der Waals surface area contributed by atoms with Gasteiger partial charge in [0.25, 0.3) is 0 Å². The summed E-state index contributed by atoms with van der Waals surface area (Å²) < 4.78 is 0. The summed E-state index contributed by atoms with van der Waals surface area (Å²) in [5.74, 6) is -1.88. The molecular weight excluding hydrogens is 292 g/mol. The number of aromatic amines is 1. The minimum atomic E-state index is -0.846. The Labute approximate surface area is 135 Å². The zero-order valence-corrected chi connectivity index (χ0v) is 13.0. The number of amides is 1. The van der Waals surface area contributed by atoms with Crippen molar-refractivity contribution in [2.75, 3.05) is 6.54 Å². The lowest BCUT2D eigenvalue weighted by molar-refractivity contribution is -0.148. The molecule has 1 aromatic carbocycles. The zero-order valence-electron chi connectivity index (χ0n) is 13.0. The smallest absolute Gasteiger partial charge is 0.307 e. The number of rotatable bonds is 5. The molecule has 0 unspecified atom stereocenters. The van der Waals surface area contributed by atoms with Gasteiger partial charge in [0, 0.05) is 23.6 Å². The van der Waals surface area contributed by atoms with Crippen molar-refractivity contribution in [2.24, 2.45) is 11.8 Å². The number of aromatic nitrogens is 1. The van der Waals surface area contributed by atoms with E-state index in [-0.39, 0.29) is 11.8 Å². The number of hydrogen-bond donors (Lipinski definition) is 3. The molecule has 0 spiro atoms. The Morgan fingerprint density at radius 2 is 1.91 bits per heavy atom. The number of aliphatic carboxylic acids is 1. The van der Waals surface area contributed by atoms with Crippen molar-refractivity contribution in [3.63, 3.8) is 0 Å². The van der Waals surface area contributed by atoms with Crippen molar-refractivity contribution in [1.29, 1.82) is 0 Å². The molecule has 0 radical (unpaired) electrons. The van der Waals surface area contributed by atoms with Crippen molar-refractivity contribution in [2.45, 2.75) is 32.1 Å². The lowest BCUT2D eigenvalue weighted by Gasteiger charge is -2.27. The van der Waals surface area contributed by atoms with Crippen LogP contribution in [0, 0.1) is 11.8 Å². The van der Waals surface area contributed by atoms with Crippen LogP contribution in [0.3, 0.4) is 0 Å². The number of fused-ring (bicyclic) bond motifs is 1. The zero-order chi connectivity index (χ0) is 16.2. The maximum Gasteiger partial charge on any atom is 0.307 e. The van der Waals surface area contributed by atoms with Crippen LogP contribution in [0.1, 0.15) is 31.2 Å². The van der Waals surface area contributed by atoms with E-state index >= 15 is 0 Å². The van der Waals surface area contributed by atoms with Crippen LogP contribution in [0.5, 0.6) is 0 Å². The van der Waals surface area contributed by atoms with E-state index < -0.39 is 11.9 Å². The molecule has 0 aliphatic heterocycles. The highest BCUT2D eigenvalue weighted by Gasteiger charge is 2.35. The van der Waals surface area contributed by atoms with Crippen LogP contribution in [-0.4, -0.2) is 28.5 Å². The molecule has 2 atom stereocenters. The van der Waals surface area contributed by atoms with Gasteiger partial charge in [-0.3, -0.25) is 9.59 Å². The van der Waals surface area contributed by atoms with Gasteiger partial charge in [0.1, 0.15) is 0 Å². The fourth-order valence-corrected chi connectivity index (χ4v) is 3.53. The Kier molecular flexibility index (Phi) is 4.65. The molecule has 1 aromatic heterocycles. The molecular formula is C18H22N2O3. The molecule has 0 bridgehead atoms. The molecule has 2 aromatic rings. The minimum Gasteiger partial charge on any atom is -0.481 e. The number of benzene rings is 1. The third-order valence-electron chi connectivity index (χ3n) is 4.79.